The van der Waals surface area contributed by atoms with Crippen LogP contribution in [0.15, 0.2) is 41.1 Å². The molecule has 1 saturated heterocycles. The molecular weight excluding hydrogens is 400 g/mol. The van der Waals surface area contributed by atoms with Crippen LogP contribution in [0, 0.1) is 5.92 Å². The largest absolute Gasteiger partial charge is 0.420 e. The predicted octanol–water partition coefficient (Wildman–Crippen LogP) is 5.31. The van der Waals surface area contributed by atoms with E-state index in [0.29, 0.717) is 24.1 Å². The summed E-state index contributed by atoms with van der Waals surface area (Å²) in [5.41, 5.74) is 2.44. The Balaban J connectivity index is 1.39. The number of hydrogen-bond donors (Lipinski definition) is 1. The van der Waals surface area contributed by atoms with Crippen LogP contribution < -0.4 is 4.90 Å². The molecule has 32 heavy (non-hydrogen) atoms. The van der Waals surface area contributed by atoms with Gasteiger partial charge in [0, 0.05) is 49.7 Å². The van der Waals surface area contributed by atoms with Gasteiger partial charge in [-0.2, -0.15) is 0 Å². The third-order valence-corrected chi connectivity index (χ3v) is 6.57. The van der Waals surface area contributed by atoms with E-state index in [9.17, 15) is 4.79 Å². The highest BCUT2D eigenvalue weighted by molar-refractivity contribution is 5.93. The molecule has 172 valence electrons. The monoisotopic (exact) mass is 436 g/mol. The van der Waals surface area contributed by atoms with Crippen molar-refractivity contribution in [3.05, 3.63) is 48.0 Å². The molecule has 0 amide bonds. The maximum atomic E-state index is 13.1. The van der Waals surface area contributed by atoms with E-state index in [1.807, 2.05) is 6.07 Å². The zero-order valence-electron chi connectivity index (χ0n) is 19.5. The topological polar surface area (TPSA) is 65.4 Å². The lowest BCUT2D eigenvalue weighted by atomic mass is 9.89. The standard InChI is InChI=1S/C26H36N4O2/c1-3-5-8-20(16-21-18-27-23-10-7-6-9-22(21)23)17-24(31)25-19-28-26(32-25)30-14-12-29(11-4-2)13-15-30/h6-7,9-10,18-20,27H,3-5,8,11-17H2,1-2H3. The number of Topliss-reactive ketones (excluding diaryl/α,β-unsaturated/α-hetero) is 1. The fraction of sp³-hybridized carbons (Fsp3) is 0.538. The first-order valence-electron chi connectivity index (χ1n) is 12.2. The minimum absolute atomic E-state index is 0.0642. The number of carbonyl (C=O) groups excluding carboxylic acids is 1. The summed E-state index contributed by atoms with van der Waals surface area (Å²) in [6.07, 6.45) is 9.60. The van der Waals surface area contributed by atoms with Gasteiger partial charge in [0.15, 0.2) is 11.5 Å². The number of anilines is 1. The highest BCUT2D eigenvalue weighted by Crippen LogP contribution is 2.27. The summed E-state index contributed by atoms with van der Waals surface area (Å²) < 4.78 is 5.93. The van der Waals surface area contributed by atoms with Crippen molar-refractivity contribution in [1.29, 1.82) is 0 Å². The number of ketones is 1. The fourth-order valence-corrected chi connectivity index (χ4v) is 4.76. The van der Waals surface area contributed by atoms with E-state index in [4.69, 9.17) is 4.42 Å². The van der Waals surface area contributed by atoms with Gasteiger partial charge < -0.3 is 14.3 Å². The molecule has 0 saturated carbocycles. The van der Waals surface area contributed by atoms with Crippen molar-refractivity contribution in [3.8, 4) is 0 Å². The number of carbonyl (C=O) groups is 1. The molecule has 1 aromatic carbocycles. The Hall–Kier alpha value is -2.60. The summed E-state index contributed by atoms with van der Waals surface area (Å²) in [7, 11) is 0. The van der Waals surface area contributed by atoms with E-state index >= 15 is 0 Å². The predicted molar refractivity (Wildman–Crippen MR) is 129 cm³/mol. The van der Waals surface area contributed by atoms with Crippen molar-refractivity contribution < 1.29 is 9.21 Å². The second-order valence-electron chi connectivity index (χ2n) is 9.03. The number of unbranched alkanes of at least 4 members (excludes halogenated alkanes) is 1. The molecule has 1 N–H and O–H groups in total. The number of para-hydroxylation sites is 1. The van der Waals surface area contributed by atoms with Crippen molar-refractivity contribution in [2.45, 2.75) is 52.4 Å². The summed E-state index contributed by atoms with van der Waals surface area (Å²) in [6, 6.07) is 8.97. The van der Waals surface area contributed by atoms with Crippen LogP contribution in [0.4, 0.5) is 6.01 Å². The Labute approximate surface area is 191 Å². The first-order valence-corrected chi connectivity index (χ1v) is 12.2. The van der Waals surface area contributed by atoms with E-state index in [-0.39, 0.29) is 5.78 Å². The van der Waals surface area contributed by atoms with Crippen LogP contribution in [0.2, 0.25) is 0 Å². The number of H-pyrrole nitrogens is 1. The molecule has 0 bridgehead atoms. The van der Waals surface area contributed by atoms with E-state index in [2.05, 4.69) is 58.0 Å². The number of oxazole rings is 1. The average molecular weight is 437 g/mol. The smallest absolute Gasteiger partial charge is 0.297 e. The summed E-state index contributed by atoms with van der Waals surface area (Å²) in [5, 5.41) is 1.26. The van der Waals surface area contributed by atoms with Gasteiger partial charge in [-0.1, -0.05) is 44.9 Å². The van der Waals surface area contributed by atoms with Gasteiger partial charge in [-0.25, -0.2) is 4.98 Å². The van der Waals surface area contributed by atoms with Gasteiger partial charge >= 0.3 is 0 Å². The Morgan fingerprint density at radius 1 is 1.16 bits per heavy atom. The molecule has 1 aliphatic rings. The highest BCUT2D eigenvalue weighted by atomic mass is 16.4. The van der Waals surface area contributed by atoms with E-state index in [1.54, 1.807) is 6.20 Å². The van der Waals surface area contributed by atoms with E-state index in [0.717, 1.165) is 63.9 Å². The minimum Gasteiger partial charge on any atom is -0.420 e. The lowest BCUT2D eigenvalue weighted by Crippen LogP contribution is -2.46. The molecule has 1 atom stereocenters. The maximum absolute atomic E-state index is 13.1. The lowest BCUT2D eigenvalue weighted by molar-refractivity contribution is 0.0931. The third-order valence-electron chi connectivity index (χ3n) is 6.57. The summed E-state index contributed by atoms with van der Waals surface area (Å²) >= 11 is 0. The molecule has 2 aromatic heterocycles. The molecule has 0 spiro atoms. The Morgan fingerprint density at radius 2 is 1.97 bits per heavy atom. The number of benzene rings is 1. The summed E-state index contributed by atoms with van der Waals surface area (Å²) in [5.74, 6) is 0.763. The Kier molecular flexibility index (Phi) is 7.63. The van der Waals surface area contributed by atoms with Crippen molar-refractivity contribution in [1.82, 2.24) is 14.9 Å². The van der Waals surface area contributed by atoms with Crippen molar-refractivity contribution >= 4 is 22.7 Å². The second kappa shape index (κ2) is 10.8. The zero-order chi connectivity index (χ0) is 22.3. The fourth-order valence-electron chi connectivity index (χ4n) is 4.76. The van der Waals surface area contributed by atoms with Crippen molar-refractivity contribution in [3.63, 3.8) is 0 Å². The van der Waals surface area contributed by atoms with Crippen LogP contribution in [-0.4, -0.2) is 53.4 Å². The van der Waals surface area contributed by atoms with Crippen LogP contribution in [0.3, 0.4) is 0 Å². The van der Waals surface area contributed by atoms with Crippen LogP contribution in [0.25, 0.3) is 10.9 Å². The first-order chi connectivity index (χ1) is 15.7. The quantitative estimate of drug-likeness (QED) is 0.413. The molecule has 6 nitrogen and oxygen atoms in total. The number of hydrogen-bond acceptors (Lipinski definition) is 5. The lowest BCUT2D eigenvalue weighted by Gasteiger charge is -2.33. The van der Waals surface area contributed by atoms with Crippen LogP contribution in [-0.2, 0) is 6.42 Å². The first kappa shape index (κ1) is 22.6. The molecule has 1 aliphatic heterocycles. The molecule has 3 heterocycles. The molecule has 4 rings (SSSR count). The van der Waals surface area contributed by atoms with Gasteiger partial charge in [-0.15, -0.1) is 0 Å². The number of aromatic nitrogens is 2. The van der Waals surface area contributed by atoms with Gasteiger partial charge in [-0.3, -0.25) is 9.69 Å². The number of aromatic amines is 1. The summed E-state index contributed by atoms with van der Waals surface area (Å²) in [6.45, 7) is 9.38. The molecule has 1 unspecified atom stereocenters. The average Bonchev–Trinajstić information content (AvgIpc) is 3.46. The summed E-state index contributed by atoms with van der Waals surface area (Å²) in [4.78, 5) is 25.5. The molecule has 3 aromatic rings. The number of rotatable bonds is 11. The van der Waals surface area contributed by atoms with E-state index < -0.39 is 0 Å². The molecular formula is C26H36N4O2. The van der Waals surface area contributed by atoms with E-state index in [1.165, 1.54) is 17.4 Å². The number of piperazine rings is 1. The van der Waals surface area contributed by atoms with Crippen LogP contribution in [0.1, 0.15) is 62.1 Å². The number of fused-ring (bicyclic) bond motifs is 1. The Bertz CT molecular complexity index is 1000. The SMILES string of the molecule is CCCCC(CC(=O)c1cnc(N2CCN(CCC)CC2)o1)Cc1c[nH]c2ccccc12. The normalized spacial score (nSPS) is 16.0. The van der Waals surface area contributed by atoms with Crippen molar-refractivity contribution in [2.75, 3.05) is 37.6 Å². The molecule has 6 heteroatoms. The van der Waals surface area contributed by atoms with Crippen molar-refractivity contribution in [2.24, 2.45) is 5.92 Å². The van der Waals surface area contributed by atoms with Gasteiger partial charge in [-0.05, 0) is 43.4 Å². The zero-order valence-corrected chi connectivity index (χ0v) is 19.5. The van der Waals surface area contributed by atoms with Gasteiger partial charge in [0.2, 0.25) is 0 Å². The number of nitrogens with one attached hydrogen (secondary N) is 1. The third kappa shape index (κ3) is 5.41. The van der Waals surface area contributed by atoms with Gasteiger partial charge in [0.05, 0.1) is 6.20 Å². The molecule has 0 aliphatic carbocycles. The highest BCUT2D eigenvalue weighted by Gasteiger charge is 2.23. The molecule has 1 fully saturated rings. The maximum Gasteiger partial charge on any atom is 0.297 e. The molecule has 0 radical (unpaired) electrons. The Morgan fingerprint density at radius 3 is 2.75 bits per heavy atom. The van der Waals surface area contributed by atoms with Crippen LogP contribution >= 0.6 is 0 Å². The van der Waals surface area contributed by atoms with Gasteiger partial charge in [0.25, 0.3) is 6.01 Å². The second-order valence-corrected chi connectivity index (χ2v) is 9.03. The van der Waals surface area contributed by atoms with Crippen LogP contribution in [0.5, 0.6) is 0 Å². The number of nitrogens with zero attached hydrogens (tertiary/aromatic N) is 3. The van der Waals surface area contributed by atoms with Gasteiger partial charge in [0.1, 0.15) is 0 Å². The minimum atomic E-state index is 0.0642.